The molecule has 3 rings (SSSR count). The van der Waals surface area contributed by atoms with Gasteiger partial charge in [0.05, 0.1) is 0 Å². The quantitative estimate of drug-likeness (QED) is 0.482. The number of benzene rings is 2. The van der Waals surface area contributed by atoms with Crippen molar-refractivity contribution in [2.75, 3.05) is 0 Å². The van der Waals surface area contributed by atoms with Crippen molar-refractivity contribution in [2.45, 2.75) is 78.1 Å². The molecule has 1 atom stereocenters. The van der Waals surface area contributed by atoms with Crippen LogP contribution in [0.1, 0.15) is 89.2 Å². The molecule has 0 heterocycles. The Hall–Kier alpha value is -1.63. The molecule has 2 aromatic rings. The molecule has 0 amide bonds. The smallest absolute Gasteiger partial charge is 0.131 e. The van der Waals surface area contributed by atoms with E-state index >= 15 is 0 Å². The van der Waals surface area contributed by atoms with Crippen LogP contribution >= 0.6 is 0 Å². The normalized spacial score (nSPS) is 21.4. The Labute approximate surface area is 165 Å². The summed E-state index contributed by atoms with van der Waals surface area (Å²) in [5, 5.41) is 0. The van der Waals surface area contributed by atoms with Gasteiger partial charge in [0.25, 0.3) is 0 Å². The Bertz CT molecular complexity index is 720. The molecule has 27 heavy (non-hydrogen) atoms. The fourth-order valence-electron chi connectivity index (χ4n) is 4.35. The first-order valence-corrected chi connectivity index (χ1v) is 10.8. The Morgan fingerprint density at radius 3 is 2.15 bits per heavy atom. The monoisotopic (exact) mass is 366 g/mol. The highest BCUT2D eigenvalue weighted by Crippen LogP contribution is 2.36. The first kappa shape index (κ1) is 20.1. The lowest BCUT2D eigenvalue weighted by molar-refractivity contribution is 0.348. The standard InChI is InChI=1S/C26H35F/c1-18(2)5-8-20(4)24-15-16-25(26(27)17-24)23-13-11-22(12-14-23)21-9-6-19(3)7-10-21/h11-21H,5-10H2,1-4H3. The minimum atomic E-state index is -0.0943. The average Bonchev–Trinajstić information content (AvgIpc) is 2.67. The van der Waals surface area contributed by atoms with Crippen molar-refractivity contribution in [2.24, 2.45) is 11.8 Å². The van der Waals surface area contributed by atoms with Crippen molar-refractivity contribution >= 4 is 0 Å². The zero-order valence-corrected chi connectivity index (χ0v) is 17.5. The molecule has 1 aliphatic carbocycles. The molecule has 0 spiro atoms. The van der Waals surface area contributed by atoms with Gasteiger partial charge in [0.1, 0.15) is 5.82 Å². The second kappa shape index (κ2) is 9.04. The van der Waals surface area contributed by atoms with Crippen LogP contribution in [0, 0.1) is 17.7 Å². The fraction of sp³-hybridized carbons (Fsp3) is 0.538. The molecule has 1 unspecified atom stereocenters. The molecule has 1 aliphatic rings. The highest BCUT2D eigenvalue weighted by molar-refractivity contribution is 5.65. The third-order valence-corrected chi connectivity index (χ3v) is 6.45. The van der Waals surface area contributed by atoms with Gasteiger partial charge in [-0.15, -0.1) is 0 Å². The highest BCUT2D eigenvalue weighted by Gasteiger charge is 2.19. The number of hydrogen-bond acceptors (Lipinski definition) is 0. The van der Waals surface area contributed by atoms with Gasteiger partial charge in [-0.05, 0) is 65.7 Å². The largest absolute Gasteiger partial charge is 0.206 e. The van der Waals surface area contributed by atoms with Crippen LogP contribution in [0.5, 0.6) is 0 Å². The molecule has 0 aromatic heterocycles. The molecule has 1 fully saturated rings. The molecule has 1 heteroatoms. The summed E-state index contributed by atoms with van der Waals surface area (Å²) in [6, 6.07) is 14.5. The minimum absolute atomic E-state index is 0.0943. The topological polar surface area (TPSA) is 0 Å². The maximum atomic E-state index is 14.8. The Balaban J connectivity index is 1.70. The van der Waals surface area contributed by atoms with Crippen LogP contribution in [0.3, 0.4) is 0 Å². The van der Waals surface area contributed by atoms with E-state index in [1.165, 1.54) is 37.7 Å². The van der Waals surface area contributed by atoms with Crippen LogP contribution in [0.2, 0.25) is 0 Å². The number of hydrogen-bond donors (Lipinski definition) is 0. The zero-order chi connectivity index (χ0) is 19.4. The van der Waals surface area contributed by atoms with Crippen LogP contribution < -0.4 is 0 Å². The average molecular weight is 367 g/mol. The van der Waals surface area contributed by atoms with Gasteiger partial charge >= 0.3 is 0 Å². The Morgan fingerprint density at radius 1 is 0.889 bits per heavy atom. The second-order valence-corrected chi connectivity index (χ2v) is 9.19. The molecule has 0 nitrogen and oxygen atoms in total. The zero-order valence-electron chi connectivity index (χ0n) is 17.5. The molecular weight excluding hydrogens is 331 g/mol. The lowest BCUT2D eigenvalue weighted by atomic mass is 9.79. The summed E-state index contributed by atoms with van der Waals surface area (Å²) in [6.45, 7) is 9.05. The van der Waals surface area contributed by atoms with Gasteiger partial charge in [-0.1, -0.05) is 83.4 Å². The van der Waals surface area contributed by atoms with Crippen molar-refractivity contribution in [3.8, 4) is 11.1 Å². The predicted octanol–water partition coefficient (Wildman–Crippen LogP) is 8.33. The third kappa shape index (κ3) is 5.21. The van der Waals surface area contributed by atoms with E-state index < -0.39 is 0 Å². The van der Waals surface area contributed by atoms with E-state index in [0.717, 1.165) is 29.0 Å². The van der Waals surface area contributed by atoms with E-state index in [-0.39, 0.29) is 5.82 Å². The van der Waals surface area contributed by atoms with Gasteiger partial charge in [0, 0.05) is 5.56 Å². The molecular formula is C26H35F. The summed E-state index contributed by atoms with van der Waals surface area (Å²) >= 11 is 0. The minimum Gasteiger partial charge on any atom is -0.206 e. The van der Waals surface area contributed by atoms with Crippen molar-refractivity contribution in [1.29, 1.82) is 0 Å². The van der Waals surface area contributed by atoms with Crippen LogP contribution in [-0.4, -0.2) is 0 Å². The molecule has 146 valence electrons. The van der Waals surface area contributed by atoms with Crippen LogP contribution in [0.15, 0.2) is 42.5 Å². The molecule has 2 aromatic carbocycles. The molecule has 0 radical (unpaired) electrons. The number of halogens is 1. The van der Waals surface area contributed by atoms with E-state index in [4.69, 9.17) is 0 Å². The highest BCUT2D eigenvalue weighted by atomic mass is 19.1. The SMILES string of the molecule is CC(C)CCC(C)c1ccc(-c2ccc(C3CCC(C)CC3)cc2)c(F)c1. The van der Waals surface area contributed by atoms with E-state index in [9.17, 15) is 4.39 Å². The summed E-state index contributed by atoms with van der Waals surface area (Å²) in [6.07, 6.45) is 7.54. The van der Waals surface area contributed by atoms with Crippen LogP contribution in [0.4, 0.5) is 4.39 Å². The Kier molecular flexibility index (Phi) is 6.73. The summed E-state index contributed by atoms with van der Waals surface area (Å²) < 4.78 is 14.8. The van der Waals surface area contributed by atoms with E-state index in [0.29, 0.717) is 17.8 Å². The lowest BCUT2D eigenvalue weighted by Crippen LogP contribution is -2.10. The second-order valence-electron chi connectivity index (χ2n) is 9.19. The van der Waals surface area contributed by atoms with Crippen molar-refractivity contribution in [1.82, 2.24) is 0 Å². The summed E-state index contributed by atoms with van der Waals surface area (Å²) in [4.78, 5) is 0. The maximum absolute atomic E-state index is 14.8. The first-order chi connectivity index (χ1) is 12.9. The van der Waals surface area contributed by atoms with Crippen molar-refractivity contribution < 1.29 is 4.39 Å². The summed E-state index contributed by atoms with van der Waals surface area (Å²) in [5.74, 6) is 2.57. The predicted molar refractivity (Wildman–Crippen MR) is 115 cm³/mol. The van der Waals surface area contributed by atoms with Gasteiger partial charge in [-0.25, -0.2) is 4.39 Å². The first-order valence-electron chi connectivity index (χ1n) is 10.8. The van der Waals surface area contributed by atoms with Crippen molar-refractivity contribution in [3.63, 3.8) is 0 Å². The summed E-state index contributed by atoms with van der Waals surface area (Å²) in [5.41, 5.74) is 4.25. The van der Waals surface area contributed by atoms with E-state index in [1.807, 2.05) is 6.07 Å². The van der Waals surface area contributed by atoms with E-state index in [2.05, 4.69) is 58.0 Å². The lowest BCUT2D eigenvalue weighted by Gasteiger charge is -2.26. The molecule has 0 aliphatic heterocycles. The molecule has 0 saturated heterocycles. The molecule has 0 bridgehead atoms. The third-order valence-electron chi connectivity index (χ3n) is 6.45. The summed E-state index contributed by atoms with van der Waals surface area (Å²) in [7, 11) is 0. The van der Waals surface area contributed by atoms with Crippen molar-refractivity contribution in [3.05, 3.63) is 59.4 Å². The number of rotatable bonds is 6. The maximum Gasteiger partial charge on any atom is 0.131 e. The molecule has 1 saturated carbocycles. The van der Waals surface area contributed by atoms with Crippen LogP contribution in [-0.2, 0) is 0 Å². The van der Waals surface area contributed by atoms with Crippen LogP contribution in [0.25, 0.3) is 11.1 Å². The Morgan fingerprint density at radius 2 is 1.56 bits per heavy atom. The van der Waals surface area contributed by atoms with Gasteiger partial charge in [-0.2, -0.15) is 0 Å². The van der Waals surface area contributed by atoms with Gasteiger partial charge in [0.2, 0.25) is 0 Å². The molecule has 0 N–H and O–H groups in total. The van der Waals surface area contributed by atoms with E-state index in [1.54, 1.807) is 6.07 Å². The van der Waals surface area contributed by atoms with Gasteiger partial charge < -0.3 is 0 Å². The van der Waals surface area contributed by atoms with Gasteiger partial charge in [-0.3, -0.25) is 0 Å². The van der Waals surface area contributed by atoms with Gasteiger partial charge in [0.15, 0.2) is 0 Å². The fourth-order valence-corrected chi connectivity index (χ4v) is 4.35.